The minimum Gasteiger partial charge on any atom is -0.463 e. The minimum absolute atomic E-state index is 0.0933. The predicted molar refractivity (Wildman–Crippen MR) is 91.7 cm³/mol. The normalized spacial score (nSPS) is 19.2. The van der Waals surface area contributed by atoms with Gasteiger partial charge in [0, 0.05) is 24.0 Å². The first-order valence-corrected chi connectivity index (χ1v) is 7.94. The fourth-order valence-corrected chi connectivity index (χ4v) is 2.68. The van der Waals surface area contributed by atoms with E-state index in [-0.39, 0.29) is 37.5 Å². The van der Waals surface area contributed by atoms with E-state index in [9.17, 15) is 14.4 Å². The molecule has 1 aliphatic heterocycles. The van der Waals surface area contributed by atoms with E-state index in [2.05, 4.69) is 18.5 Å². The molecular formula is C19H21NO5. The third-order valence-corrected chi connectivity index (χ3v) is 3.86. The summed E-state index contributed by atoms with van der Waals surface area (Å²) in [5.74, 6) is -1.37. The van der Waals surface area contributed by atoms with Gasteiger partial charge in [-0.3, -0.25) is 4.79 Å². The van der Waals surface area contributed by atoms with E-state index in [0.717, 1.165) is 0 Å². The van der Waals surface area contributed by atoms with E-state index in [4.69, 9.17) is 9.47 Å². The number of hydrogen-bond acceptors (Lipinski definition) is 5. The van der Waals surface area contributed by atoms with Gasteiger partial charge >= 0.3 is 11.9 Å². The molecule has 1 aliphatic rings. The molecule has 1 N–H and O–H groups in total. The smallest absolute Gasteiger partial charge is 0.338 e. The van der Waals surface area contributed by atoms with Crippen LogP contribution in [0.2, 0.25) is 0 Å². The Morgan fingerprint density at radius 2 is 1.92 bits per heavy atom. The average Bonchev–Trinajstić information content (AvgIpc) is 2.88. The number of nitrogens with one attached hydrogen (secondary N) is 1. The Morgan fingerprint density at radius 1 is 1.24 bits per heavy atom. The molecule has 1 aromatic rings. The molecule has 1 unspecified atom stereocenters. The van der Waals surface area contributed by atoms with Gasteiger partial charge in [0.15, 0.2) is 0 Å². The van der Waals surface area contributed by atoms with Gasteiger partial charge in [-0.25, -0.2) is 9.59 Å². The van der Waals surface area contributed by atoms with Gasteiger partial charge in [-0.15, -0.1) is 0 Å². The van der Waals surface area contributed by atoms with Crippen LogP contribution < -0.4 is 5.32 Å². The summed E-state index contributed by atoms with van der Waals surface area (Å²) in [4.78, 5) is 35.9. The van der Waals surface area contributed by atoms with Crippen molar-refractivity contribution in [1.29, 1.82) is 0 Å². The second kappa shape index (κ2) is 7.79. The molecule has 1 atom stereocenters. The molecule has 0 bridgehead atoms. The number of carbonyl (C=O) groups excluding carboxylic acids is 3. The first kappa shape index (κ1) is 18.4. The quantitative estimate of drug-likeness (QED) is 0.606. The molecule has 2 rings (SSSR count). The molecule has 1 fully saturated rings. The van der Waals surface area contributed by atoms with Crippen molar-refractivity contribution in [3.63, 3.8) is 0 Å². The molecule has 132 valence electrons. The summed E-state index contributed by atoms with van der Waals surface area (Å²) in [6.07, 6.45) is 0.366. The van der Waals surface area contributed by atoms with Gasteiger partial charge in [-0.1, -0.05) is 31.4 Å². The van der Waals surface area contributed by atoms with Crippen LogP contribution in [0.1, 0.15) is 30.1 Å². The second-order valence-corrected chi connectivity index (χ2v) is 5.96. The largest absolute Gasteiger partial charge is 0.463 e. The lowest BCUT2D eigenvalue weighted by Crippen LogP contribution is -2.47. The monoisotopic (exact) mass is 343 g/mol. The molecule has 25 heavy (non-hydrogen) atoms. The number of rotatable bonds is 7. The molecule has 1 saturated heterocycles. The van der Waals surface area contributed by atoms with Crippen LogP contribution >= 0.6 is 0 Å². The maximum absolute atomic E-state index is 12.2. The summed E-state index contributed by atoms with van der Waals surface area (Å²) in [5.41, 5.74) is 0.0349. The van der Waals surface area contributed by atoms with Crippen molar-refractivity contribution >= 4 is 17.8 Å². The minimum atomic E-state index is -0.942. The third kappa shape index (κ3) is 4.56. The van der Waals surface area contributed by atoms with Crippen molar-refractivity contribution < 1.29 is 23.9 Å². The Labute approximate surface area is 146 Å². The molecule has 0 aromatic heterocycles. The molecule has 1 aromatic carbocycles. The molecule has 0 spiro atoms. The van der Waals surface area contributed by atoms with Crippen molar-refractivity contribution in [3.8, 4) is 0 Å². The van der Waals surface area contributed by atoms with E-state index < -0.39 is 17.5 Å². The molecule has 0 radical (unpaired) electrons. The highest BCUT2D eigenvalue weighted by Gasteiger charge is 2.42. The summed E-state index contributed by atoms with van der Waals surface area (Å²) in [5, 5.41) is 2.77. The summed E-state index contributed by atoms with van der Waals surface area (Å²) in [7, 11) is 0. The molecule has 6 nitrogen and oxygen atoms in total. The maximum atomic E-state index is 12.2. The number of amides is 1. The zero-order valence-electron chi connectivity index (χ0n) is 14.2. The lowest BCUT2D eigenvalue weighted by Gasteiger charge is -2.28. The van der Waals surface area contributed by atoms with Crippen LogP contribution in [-0.4, -0.2) is 36.6 Å². The fourth-order valence-electron chi connectivity index (χ4n) is 2.68. The average molecular weight is 343 g/mol. The van der Waals surface area contributed by atoms with Gasteiger partial charge < -0.3 is 14.8 Å². The van der Waals surface area contributed by atoms with E-state index in [1.807, 2.05) is 0 Å². The van der Waals surface area contributed by atoms with Crippen molar-refractivity contribution in [3.05, 3.63) is 60.2 Å². The number of ether oxygens (including phenoxy) is 2. The Bertz CT molecular complexity index is 692. The van der Waals surface area contributed by atoms with Crippen LogP contribution in [0, 0.1) is 0 Å². The van der Waals surface area contributed by atoms with Gasteiger partial charge in [0.25, 0.3) is 0 Å². The van der Waals surface area contributed by atoms with Crippen molar-refractivity contribution in [1.82, 2.24) is 5.32 Å². The van der Waals surface area contributed by atoms with Gasteiger partial charge in [-0.2, -0.15) is 0 Å². The van der Waals surface area contributed by atoms with Crippen molar-refractivity contribution in [2.75, 3.05) is 13.2 Å². The number of hydrogen-bond donors (Lipinski definition) is 1. The van der Waals surface area contributed by atoms with Crippen LogP contribution in [0.15, 0.2) is 54.6 Å². The maximum Gasteiger partial charge on any atom is 0.338 e. The number of carbonyl (C=O) groups is 3. The lowest BCUT2D eigenvalue weighted by molar-refractivity contribution is -0.139. The SMILES string of the molecule is C=C1CC(COC(=O)c2ccccc2)(CC(=C)C(=O)OCC)NC1=O. The lowest BCUT2D eigenvalue weighted by atomic mass is 9.89. The van der Waals surface area contributed by atoms with E-state index in [0.29, 0.717) is 11.1 Å². The topological polar surface area (TPSA) is 81.7 Å². The number of esters is 2. The summed E-state index contributed by atoms with van der Waals surface area (Å²) >= 11 is 0. The highest BCUT2D eigenvalue weighted by molar-refractivity contribution is 5.97. The number of benzene rings is 1. The van der Waals surface area contributed by atoms with E-state index >= 15 is 0 Å². The highest BCUT2D eigenvalue weighted by Crippen LogP contribution is 2.30. The Hall–Kier alpha value is -2.89. The summed E-state index contributed by atoms with van der Waals surface area (Å²) in [6, 6.07) is 8.53. The molecule has 0 saturated carbocycles. The van der Waals surface area contributed by atoms with Crippen LogP contribution in [0.5, 0.6) is 0 Å². The van der Waals surface area contributed by atoms with Crippen LogP contribution in [0.4, 0.5) is 0 Å². The Kier molecular flexibility index (Phi) is 5.75. The molecule has 1 amide bonds. The Morgan fingerprint density at radius 3 is 2.48 bits per heavy atom. The second-order valence-electron chi connectivity index (χ2n) is 5.96. The highest BCUT2D eigenvalue weighted by atomic mass is 16.5. The van der Waals surface area contributed by atoms with Crippen LogP contribution in [-0.2, 0) is 19.1 Å². The molecular weight excluding hydrogens is 322 g/mol. The first-order valence-electron chi connectivity index (χ1n) is 7.94. The molecule has 1 heterocycles. The first-order chi connectivity index (χ1) is 11.9. The standard InChI is InChI=1S/C19H21NO5/c1-4-24-17(22)14(3)11-19(10-13(2)16(21)20-19)12-25-18(23)15-8-6-5-7-9-15/h5-9H,2-4,10-12H2,1H3,(H,20,21). The van der Waals surface area contributed by atoms with Crippen molar-refractivity contribution in [2.24, 2.45) is 0 Å². The van der Waals surface area contributed by atoms with Crippen LogP contribution in [0.25, 0.3) is 0 Å². The summed E-state index contributed by atoms with van der Waals surface area (Å²) in [6.45, 7) is 9.26. The predicted octanol–water partition coefficient (Wildman–Crippen LogP) is 2.17. The molecule has 0 aliphatic carbocycles. The van der Waals surface area contributed by atoms with Gasteiger partial charge in [-0.05, 0) is 19.1 Å². The fraction of sp³-hybridized carbons (Fsp3) is 0.316. The zero-order valence-corrected chi connectivity index (χ0v) is 14.2. The van der Waals surface area contributed by atoms with Gasteiger partial charge in [0.05, 0.1) is 17.7 Å². The Balaban J connectivity index is 2.09. The van der Waals surface area contributed by atoms with Crippen LogP contribution in [0.3, 0.4) is 0 Å². The van der Waals surface area contributed by atoms with E-state index in [1.165, 1.54) is 0 Å². The van der Waals surface area contributed by atoms with Gasteiger partial charge in [0.1, 0.15) is 6.61 Å². The summed E-state index contributed by atoms with van der Waals surface area (Å²) < 4.78 is 10.3. The zero-order chi connectivity index (χ0) is 18.4. The van der Waals surface area contributed by atoms with Gasteiger partial charge in [0.2, 0.25) is 5.91 Å². The third-order valence-electron chi connectivity index (χ3n) is 3.86. The molecule has 6 heteroatoms. The van der Waals surface area contributed by atoms with E-state index in [1.54, 1.807) is 37.3 Å². The van der Waals surface area contributed by atoms with Crippen molar-refractivity contribution in [2.45, 2.75) is 25.3 Å².